The molecule has 0 amide bonds. The minimum absolute atomic E-state index is 1.11. The molecular weight excluding hydrogens is 400 g/mol. The lowest BCUT2D eigenvalue weighted by molar-refractivity contribution is 1.43. The Hall–Kier alpha value is -1.38. The highest BCUT2D eigenvalue weighted by Crippen LogP contribution is 2.31. The third-order valence-corrected chi connectivity index (χ3v) is 4.89. The van der Waals surface area contributed by atoms with E-state index in [1.54, 1.807) is 0 Å². The molecule has 0 fully saturated rings. The summed E-state index contributed by atoms with van der Waals surface area (Å²) in [6.45, 7) is 4.29. The van der Waals surface area contributed by atoms with Gasteiger partial charge in [-0.15, -0.1) is 0 Å². The van der Waals surface area contributed by atoms with Crippen molar-refractivity contribution in [2.45, 2.75) is 13.8 Å². The summed E-state index contributed by atoms with van der Waals surface area (Å²) in [7, 11) is 0. The van der Waals surface area contributed by atoms with E-state index in [1.165, 1.54) is 33.4 Å². The molecule has 3 aromatic rings. The summed E-state index contributed by atoms with van der Waals surface area (Å²) in [4.78, 5) is 0. The third kappa shape index (κ3) is 3.18. The van der Waals surface area contributed by atoms with Crippen molar-refractivity contribution in [3.8, 4) is 22.3 Å². The molecule has 0 aliphatic carbocycles. The Kier molecular flexibility index (Phi) is 4.51. The van der Waals surface area contributed by atoms with Crippen molar-refractivity contribution < 1.29 is 0 Å². The molecular formula is C20H16Br2. The fourth-order valence-electron chi connectivity index (χ4n) is 2.64. The maximum Gasteiger partial charge on any atom is 0.0181 e. The van der Waals surface area contributed by atoms with Crippen LogP contribution in [0.3, 0.4) is 0 Å². The van der Waals surface area contributed by atoms with Crippen LogP contribution in [0.4, 0.5) is 0 Å². The van der Waals surface area contributed by atoms with Gasteiger partial charge in [-0.1, -0.05) is 68.3 Å². The number of hydrogen-bond acceptors (Lipinski definition) is 0. The van der Waals surface area contributed by atoms with Crippen molar-refractivity contribution in [1.82, 2.24) is 0 Å². The van der Waals surface area contributed by atoms with Crippen molar-refractivity contribution in [3.63, 3.8) is 0 Å². The zero-order valence-corrected chi connectivity index (χ0v) is 15.7. The van der Waals surface area contributed by atoms with Gasteiger partial charge in [0.05, 0.1) is 0 Å². The van der Waals surface area contributed by atoms with E-state index >= 15 is 0 Å². The Morgan fingerprint density at radius 2 is 0.909 bits per heavy atom. The molecule has 0 unspecified atom stereocenters. The van der Waals surface area contributed by atoms with Gasteiger partial charge in [-0.3, -0.25) is 0 Å². The van der Waals surface area contributed by atoms with Crippen LogP contribution in [0.25, 0.3) is 22.3 Å². The molecule has 0 aromatic heterocycles. The van der Waals surface area contributed by atoms with Crippen molar-refractivity contribution in [2.24, 2.45) is 0 Å². The Morgan fingerprint density at radius 3 is 1.27 bits per heavy atom. The van der Waals surface area contributed by atoms with Gasteiger partial charge in [-0.2, -0.15) is 0 Å². The summed E-state index contributed by atoms with van der Waals surface area (Å²) in [6.07, 6.45) is 0. The fourth-order valence-corrected chi connectivity index (χ4v) is 3.36. The SMILES string of the molecule is Cc1ccc(Br)cc1-c1ccc(-c2cc(Br)ccc2C)cc1. The Bertz CT molecular complexity index is 747. The molecule has 3 aromatic carbocycles. The molecule has 0 N–H and O–H groups in total. The first-order valence-corrected chi connectivity index (χ1v) is 8.76. The minimum atomic E-state index is 1.11. The van der Waals surface area contributed by atoms with Gasteiger partial charge in [0.2, 0.25) is 0 Å². The Morgan fingerprint density at radius 1 is 0.545 bits per heavy atom. The van der Waals surface area contributed by atoms with Crippen LogP contribution in [0, 0.1) is 13.8 Å². The van der Waals surface area contributed by atoms with Crippen LogP contribution in [0.2, 0.25) is 0 Å². The van der Waals surface area contributed by atoms with E-state index in [-0.39, 0.29) is 0 Å². The van der Waals surface area contributed by atoms with E-state index in [0.29, 0.717) is 0 Å². The van der Waals surface area contributed by atoms with Gasteiger partial charge in [0.15, 0.2) is 0 Å². The van der Waals surface area contributed by atoms with Crippen molar-refractivity contribution in [2.75, 3.05) is 0 Å². The zero-order chi connectivity index (χ0) is 15.7. The van der Waals surface area contributed by atoms with Gasteiger partial charge in [-0.25, -0.2) is 0 Å². The maximum atomic E-state index is 3.56. The van der Waals surface area contributed by atoms with Crippen LogP contribution in [0.5, 0.6) is 0 Å². The first-order chi connectivity index (χ1) is 10.5. The topological polar surface area (TPSA) is 0 Å². The van der Waals surface area contributed by atoms with E-state index in [4.69, 9.17) is 0 Å². The summed E-state index contributed by atoms with van der Waals surface area (Å²) >= 11 is 7.11. The molecule has 0 radical (unpaired) electrons. The lowest BCUT2D eigenvalue weighted by Crippen LogP contribution is -1.86. The highest BCUT2D eigenvalue weighted by atomic mass is 79.9. The van der Waals surface area contributed by atoms with Crippen LogP contribution in [-0.2, 0) is 0 Å². The predicted octanol–water partition coefficient (Wildman–Crippen LogP) is 7.16. The van der Waals surface area contributed by atoms with Gasteiger partial charge in [0.1, 0.15) is 0 Å². The molecule has 0 atom stereocenters. The van der Waals surface area contributed by atoms with Gasteiger partial charge in [0, 0.05) is 8.95 Å². The highest BCUT2D eigenvalue weighted by molar-refractivity contribution is 9.10. The molecule has 0 nitrogen and oxygen atoms in total. The van der Waals surface area contributed by atoms with Crippen molar-refractivity contribution >= 4 is 31.9 Å². The smallest absolute Gasteiger partial charge is 0.0181 e. The number of aryl methyl sites for hydroxylation is 2. The minimum Gasteiger partial charge on any atom is -0.0576 e. The van der Waals surface area contributed by atoms with Crippen LogP contribution >= 0.6 is 31.9 Å². The van der Waals surface area contributed by atoms with E-state index in [0.717, 1.165) is 8.95 Å². The van der Waals surface area contributed by atoms with Crippen LogP contribution < -0.4 is 0 Å². The van der Waals surface area contributed by atoms with Crippen LogP contribution in [-0.4, -0.2) is 0 Å². The monoisotopic (exact) mass is 414 g/mol. The Labute approximate surface area is 148 Å². The standard InChI is InChI=1S/C20H16Br2/c1-13-3-9-17(21)11-19(13)15-5-7-16(8-6-15)20-12-18(22)10-4-14(20)2/h3-12H,1-2H3. The molecule has 0 saturated heterocycles. The number of benzene rings is 3. The zero-order valence-electron chi connectivity index (χ0n) is 12.5. The summed E-state index contributed by atoms with van der Waals surface area (Å²) in [6, 6.07) is 21.6. The third-order valence-electron chi connectivity index (χ3n) is 3.91. The second-order valence-corrected chi connectivity index (χ2v) is 7.33. The van der Waals surface area contributed by atoms with E-state index in [9.17, 15) is 0 Å². The normalized spacial score (nSPS) is 10.7. The van der Waals surface area contributed by atoms with Gasteiger partial charge >= 0.3 is 0 Å². The maximum absolute atomic E-state index is 3.56. The quantitative estimate of drug-likeness (QED) is 0.416. The summed E-state index contributed by atoms with van der Waals surface area (Å²) in [5.74, 6) is 0. The molecule has 3 rings (SSSR count). The van der Waals surface area contributed by atoms with Crippen LogP contribution in [0.1, 0.15) is 11.1 Å². The molecule has 0 aliphatic heterocycles. The molecule has 110 valence electrons. The lowest BCUT2D eigenvalue weighted by Gasteiger charge is -2.10. The van der Waals surface area contributed by atoms with Gasteiger partial charge in [0.25, 0.3) is 0 Å². The van der Waals surface area contributed by atoms with Crippen LogP contribution in [0.15, 0.2) is 69.6 Å². The van der Waals surface area contributed by atoms with E-state index in [1.807, 2.05) is 0 Å². The number of rotatable bonds is 2. The van der Waals surface area contributed by atoms with Gasteiger partial charge in [-0.05, 0) is 71.5 Å². The fraction of sp³-hybridized carbons (Fsp3) is 0.100. The Balaban J connectivity index is 2.03. The number of hydrogen-bond donors (Lipinski definition) is 0. The van der Waals surface area contributed by atoms with E-state index in [2.05, 4.69) is 106 Å². The summed E-state index contributed by atoms with van der Waals surface area (Å²) < 4.78 is 2.22. The van der Waals surface area contributed by atoms with Crippen molar-refractivity contribution in [3.05, 3.63) is 80.7 Å². The molecule has 0 aliphatic rings. The second-order valence-electron chi connectivity index (χ2n) is 5.50. The average molecular weight is 416 g/mol. The average Bonchev–Trinajstić information content (AvgIpc) is 2.52. The number of halogens is 2. The second kappa shape index (κ2) is 6.39. The van der Waals surface area contributed by atoms with Gasteiger partial charge < -0.3 is 0 Å². The first-order valence-electron chi connectivity index (χ1n) is 7.18. The first kappa shape index (κ1) is 15.5. The molecule has 0 bridgehead atoms. The summed E-state index contributed by atoms with van der Waals surface area (Å²) in [5.41, 5.74) is 7.60. The molecule has 0 heterocycles. The molecule has 22 heavy (non-hydrogen) atoms. The predicted molar refractivity (Wildman–Crippen MR) is 102 cm³/mol. The lowest BCUT2D eigenvalue weighted by atomic mass is 9.96. The highest BCUT2D eigenvalue weighted by Gasteiger charge is 2.06. The summed E-state index contributed by atoms with van der Waals surface area (Å²) in [5, 5.41) is 0. The molecule has 2 heteroatoms. The molecule has 0 saturated carbocycles. The van der Waals surface area contributed by atoms with E-state index < -0.39 is 0 Å². The largest absolute Gasteiger partial charge is 0.0576 e. The molecule has 0 spiro atoms. The van der Waals surface area contributed by atoms with Crippen molar-refractivity contribution in [1.29, 1.82) is 0 Å².